The van der Waals surface area contributed by atoms with Gasteiger partial charge in [0.25, 0.3) is 0 Å². The smallest absolute Gasteiger partial charge is 0.0847 e. The first-order valence-corrected chi connectivity index (χ1v) is 6.66. The van der Waals surface area contributed by atoms with Crippen LogP contribution in [0.25, 0.3) is 0 Å². The number of aromatic nitrogens is 2. The summed E-state index contributed by atoms with van der Waals surface area (Å²) in [5.41, 5.74) is 1.92. The van der Waals surface area contributed by atoms with Crippen LogP contribution in [0.15, 0.2) is 0 Å². The first-order valence-electron chi connectivity index (χ1n) is 6.28. The Balaban J connectivity index is 3.00. The molecule has 0 aromatic carbocycles. The van der Waals surface area contributed by atoms with E-state index in [0.29, 0.717) is 5.92 Å². The molecule has 1 aromatic rings. The summed E-state index contributed by atoms with van der Waals surface area (Å²) < 4.78 is 1.94. The van der Waals surface area contributed by atoms with E-state index in [2.05, 4.69) is 25.9 Å². The second-order valence-electron chi connectivity index (χ2n) is 5.01. The Morgan fingerprint density at radius 2 is 1.94 bits per heavy atom. The third-order valence-corrected chi connectivity index (χ3v) is 3.85. The highest BCUT2D eigenvalue weighted by molar-refractivity contribution is 6.31. The fourth-order valence-electron chi connectivity index (χ4n) is 2.25. The zero-order valence-electron chi connectivity index (χ0n) is 11.4. The number of aliphatic hydroxyl groups excluding tert-OH is 1. The summed E-state index contributed by atoms with van der Waals surface area (Å²) in [7, 11) is 0. The van der Waals surface area contributed by atoms with Crippen molar-refractivity contribution in [1.29, 1.82) is 0 Å². The number of aryl methyl sites for hydroxylation is 2. The van der Waals surface area contributed by atoms with Crippen molar-refractivity contribution in [3.05, 3.63) is 16.4 Å². The van der Waals surface area contributed by atoms with Gasteiger partial charge in [0.05, 0.1) is 22.5 Å². The summed E-state index contributed by atoms with van der Waals surface area (Å²) in [6.45, 7) is 10.9. The lowest BCUT2D eigenvalue weighted by Gasteiger charge is -2.24. The van der Waals surface area contributed by atoms with Crippen molar-refractivity contribution in [3.8, 4) is 0 Å². The predicted molar refractivity (Wildman–Crippen MR) is 71.4 cm³/mol. The van der Waals surface area contributed by atoms with Gasteiger partial charge < -0.3 is 5.11 Å². The lowest BCUT2D eigenvalue weighted by atomic mass is 9.87. The van der Waals surface area contributed by atoms with Crippen molar-refractivity contribution in [3.63, 3.8) is 0 Å². The van der Waals surface area contributed by atoms with E-state index in [0.717, 1.165) is 29.4 Å². The van der Waals surface area contributed by atoms with E-state index in [1.807, 2.05) is 18.5 Å². The third kappa shape index (κ3) is 3.23. The highest BCUT2D eigenvalue weighted by atomic mass is 35.5. The molecule has 1 rings (SSSR count). The van der Waals surface area contributed by atoms with Crippen LogP contribution in [-0.4, -0.2) is 21.0 Å². The minimum atomic E-state index is -0.327. The molecule has 1 aromatic heterocycles. The molecule has 0 fully saturated rings. The third-order valence-electron chi connectivity index (χ3n) is 3.36. The van der Waals surface area contributed by atoms with Crippen LogP contribution in [-0.2, 0) is 13.0 Å². The molecule has 0 saturated carbocycles. The van der Waals surface area contributed by atoms with Gasteiger partial charge in [-0.05, 0) is 39.0 Å². The van der Waals surface area contributed by atoms with Gasteiger partial charge in [0.2, 0.25) is 0 Å². The zero-order valence-corrected chi connectivity index (χ0v) is 12.1. The molecule has 1 N–H and O–H groups in total. The lowest BCUT2D eigenvalue weighted by Crippen LogP contribution is -2.25. The van der Waals surface area contributed by atoms with Crippen molar-refractivity contribution in [2.75, 3.05) is 0 Å². The standard InChI is InChI=1S/C13H23ClN2O/c1-6-16-12(13(14)9(4)15-16)7-11(8(2)3)10(5)17/h8,10-11,17H,6-7H2,1-5H3. The molecule has 0 bridgehead atoms. The van der Waals surface area contributed by atoms with Crippen molar-refractivity contribution in [2.24, 2.45) is 11.8 Å². The number of hydrogen-bond acceptors (Lipinski definition) is 2. The second-order valence-corrected chi connectivity index (χ2v) is 5.39. The van der Waals surface area contributed by atoms with Gasteiger partial charge >= 0.3 is 0 Å². The highest BCUT2D eigenvalue weighted by Crippen LogP contribution is 2.27. The number of rotatable bonds is 5. The van der Waals surface area contributed by atoms with E-state index >= 15 is 0 Å². The van der Waals surface area contributed by atoms with E-state index < -0.39 is 0 Å². The van der Waals surface area contributed by atoms with Crippen LogP contribution in [0, 0.1) is 18.8 Å². The fraction of sp³-hybridized carbons (Fsp3) is 0.769. The maximum atomic E-state index is 9.83. The Kier molecular flexibility index (Phi) is 5.02. The van der Waals surface area contributed by atoms with Crippen LogP contribution in [0.2, 0.25) is 5.02 Å². The fourth-order valence-corrected chi connectivity index (χ4v) is 2.46. The molecule has 0 aliphatic carbocycles. The van der Waals surface area contributed by atoms with Crippen LogP contribution < -0.4 is 0 Å². The molecule has 17 heavy (non-hydrogen) atoms. The van der Waals surface area contributed by atoms with E-state index in [1.54, 1.807) is 0 Å². The van der Waals surface area contributed by atoms with E-state index in [-0.39, 0.29) is 12.0 Å². The monoisotopic (exact) mass is 258 g/mol. The van der Waals surface area contributed by atoms with Crippen LogP contribution in [0.4, 0.5) is 0 Å². The maximum absolute atomic E-state index is 9.83. The largest absolute Gasteiger partial charge is 0.393 e. The van der Waals surface area contributed by atoms with E-state index in [4.69, 9.17) is 11.6 Å². The molecule has 0 spiro atoms. The second kappa shape index (κ2) is 5.87. The van der Waals surface area contributed by atoms with Gasteiger partial charge in [-0.25, -0.2) is 0 Å². The summed E-state index contributed by atoms with van der Waals surface area (Å²) in [6, 6.07) is 0. The topological polar surface area (TPSA) is 38.0 Å². The normalized spacial score (nSPS) is 15.3. The van der Waals surface area contributed by atoms with Gasteiger partial charge in [-0.2, -0.15) is 5.10 Å². The van der Waals surface area contributed by atoms with Crippen molar-refractivity contribution in [2.45, 2.75) is 53.7 Å². The van der Waals surface area contributed by atoms with E-state index in [1.165, 1.54) is 0 Å². The number of halogens is 1. The summed E-state index contributed by atoms with van der Waals surface area (Å²) >= 11 is 6.28. The minimum absolute atomic E-state index is 0.217. The summed E-state index contributed by atoms with van der Waals surface area (Å²) in [6.07, 6.45) is 0.453. The molecule has 0 radical (unpaired) electrons. The molecular formula is C13H23ClN2O. The molecule has 0 aliphatic rings. The molecule has 2 atom stereocenters. The first kappa shape index (κ1) is 14.5. The van der Waals surface area contributed by atoms with Crippen LogP contribution in [0.1, 0.15) is 39.1 Å². The van der Waals surface area contributed by atoms with Gasteiger partial charge in [-0.1, -0.05) is 25.4 Å². The van der Waals surface area contributed by atoms with Gasteiger partial charge in [0.1, 0.15) is 0 Å². The Bertz CT molecular complexity index is 364. The van der Waals surface area contributed by atoms with Crippen LogP contribution >= 0.6 is 11.6 Å². The number of hydrogen-bond donors (Lipinski definition) is 1. The molecule has 0 saturated heterocycles. The maximum Gasteiger partial charge on any atom is 0.0847 e. The number of aliphatic hydroxyl groups is 1. The summed E-state index contributed by atoms with van der Waals surface area (Å²) in [5.74, 6) is 0.639. The van der Waals surface area contributed by atoms with E-state index in [9.17, 15) is 5.11 Å². The average Bonchev–Trinajstić information content (AvgIpc) is 2.51. The molecule has 98 valence electrons. The van der Waals surface area contributed by atoms with Gasteiger partial charge in [0, 0.05) is 6.54 Å². The van der Waals surface area contributed by atoms with Gasteiger partial charge in [0.15, 0.2) is 0 Å². The Morgan fingerprint density at radius 3 is 2.35 bits per heavy atom. The molecule has 0 amide bonds. The average molecular weight is 259 g/mol. The van der Waals surface area contributed by atoms with Crippen molar-refractivity contribution < 1.29 is 5.11 Å². The number of nitrogens with zero attached hydrogens (tertiary/aromatic N) is 2. The zero-order chi connectivity index (χ0) is 13.2. The molecule has 1 heterocycles. The van der Waals surface area contributed by atoms with Gasteiger partial charge in [-0.3, -0.25) is 4.68 Å². The molecule has 4 heteroatoms. The van der Waals surface area contributed by atoms with Crippen molar-refractivity contribution >= 4 is 11.6 Å². The lowest BCUT2D eigenvalue weighted by molar-refractivity contribution is 0.0963. The summed E-state index contributed by atoms with van der Waals surface area (Å²) in [4.78, 5) is 0. The predicted octanol–water partition coefficient (Wildman–Crippen LogP) is 3.06. The Labute approximate surface area is 109 Å². The Morgan fingerprint density at radius 1 is 1.35 bits per heavy atom. The Hall–Kier alpha value is -0.540. The molecule has 0 aliphatic heterocycles. The molecule has 3 nitrogen and oxygen atoms in total. The van der Waals surface area contributed by atoms with Gasteiger partial charge in [-0.15, -0.1) is 0 Å². The van der Waals surface area contributed by atoms with Crippen molar-refractivity contribution in [1.82, 2.24) is 9.78 Å². The molecule has 2 unspecified atom stereocenters. The summed E-state index contributed by atoms with van der Waals surface area (Å²) in [5, 5.41) is 15.0. The van der Waals surface area contributed by atoms with Crippen LogP contribution in [0.5, 0.6) is 0 Å². The molecular weight excluding hydrogens is 236 g/mol. The first-order chi connectivity index (χ1) is 7.88. The quantitative estimate of drug-likeness (QED) is 0.882. The highest BCUT2D eigenvalue weighted by Gasteiger charge is 2.23. The van der Waals surface area contributed by atoms with Crippen LogP contribution in [0.3, 0.4) is 0 Å². The minimum Gasteiger partial charge on any atom is -0.393 e. The SMILES string of the molecule is CCn1nc(C)c(Cl)c1CC(C(C)C)C(C)O.